The number of aryl methyl sites for hydroxylation is 1. The Kier molecular flexibility index (Phi) is 6.71. The molecule has 0 fully saturated rings. The summed E-state index contributed by atoms with van der Waals surface area (Å²) < 4.78 is 5.74. The molecule has 0 heterocycles. The van der Waals surface area contributed by atoms with E-state index >= 15 is 0 Å². The molecule has 0 aliphatic carbocycles. The Hall–Kier alpha value is -1.02. The molecule has 0 aromatic heterocycles. The molecule has 96 valence electrons. The predicted molar refractivity (Wildman–Crippen MR) is 72.5 cm³/mol. The second-order valence-corrected chi connectivity index (χ2v) is 4.61. The van der Waals surface area contributed by atoms with E-state index < -0.39 is 0 Å². The molecule has 2 heteroatoms. The fourth-order valence-electron chi connectivity index (χ4n) is 1.70. The highest BCUT2D eigenvalue weighted by Crippen LogP contribution is 2.13. The lowest BCUT2D eigenvalue weighted by molar-refractivity contribution is -0.686. The van der Waals surface area contributed by atoms with Crippen LogP contribution in [-0.4, -0.2) is 19.2 Å². The van der Waals surface area contributed by atoms with Crippen molar-refractivity contribution in [2.24, 2.45) is 0 Å². The first-order chi connectivity index (χ1) is 8.26. The summed E-state index contributed by atoms with van der Waals surface area (Å²) in [4.78, 5) is 0. The fraction of sp³-hybridized carbons (Fsp3) is 0.600. The molecular weight excluding hydrogens is 210 g/mol. The van der Waals surface area contributed by atoms with Gasteiger partial charge in [0, 0.05) is 6.42 Å². The van der Waals surface area contributed by atoms with Gasteiger partial charge in [-0.15, -0.1) is 0 Å². The van der Waals surface area contributed by atoms with Crippen LogP contribution < -0.4 is 10.1 Å². The summed E-state index contributed by atoms with van der Waals surface area (Å²) >= 11 is 0. The van der Waals surface area contributed by atoms with Gasteiger partial charge in [-0.1, -0.05) is 26.0 Å². The van der Waals surface area contributed by atoms with Crippen molar-refractivity contribution in [1.29, 1.82) is 0 Å². The van der Waals surface area contributed by atoms with Crippen LogP contribution >= 0.6 is 0 Å². The largest absolute Gasteiger partial charge is 0.493 e. The van der Waals surface area contributed by atoms with Gasteiger partial charge in [0.1, 0.15) is 5.75 Å². The van der Waals surface area contributed by atoms with Gasteiger partial charge in [0.25, 0.3) is 0 Å². The highest BCUT2D eigenvalue weighted by molar-refractivity contribution is 5.28. The Labute approximate surface area is 105 Å². The molecule has 1 aromatic carbocycles. The van der Waals surface area contributed by atoms with Crippen LogP contribution in [0.4, 0.5) is 0 Å². The van der Waals surface area contributed by atoms with E-state index in [1.807, 2.05) is 6.07 Å². The van der Waals surface area contributed by atoms with Crippen molar-refractivity contribution < 1.29 is 10.1 Å². The number of nitrogens with two attached hydrogens (primary N) is 1. The van der Waals surface area contributed by atoms with Gasteiger partial charge in [-0.3, -0.25) is 0 Å². The van der Waals surface area contributed by atoms with E-state index in [-0.39, 0.29) is 0 Å². The van der Waals surface area contributed by atoms with Crippen molar-refractivity contribution in [3.63, 3.8) is 0 Å². The van der Waals surface area contributed by atoms with Crippen LogP contribution in [0.1, 0.15) is 39.2 Å². The summed E-state index contributed by atoms with van der Waals surface area (Å²) in [6.07, 6.45) is 3.42. The van der Waals surface area contributed by atoms with Gasteiger partial charge >= 0.3 is 0 Å². The minimum atomic E-state index is 0.735. The number of benzene rings is 1. The third kappa shape index (κ3) is 5.73. The first-order valence-corrected chi connectivity index (χ1v) is 6.81. The van der Waals surface area contributed by atoms with E-state index in [0.29, 0.717) is 0 Å². The molecule has 0 spiro atoms. The molecule has 2 N–H and O–H groups in total. The molecule has 0 saturated heterocycles. The summed E-state index contributed by atoms with van der Waals surface area (Å²) in [6.45, 7) is 8.64. The zero-order chi connectivity index (χ0) is 12.5. The van der Waals surface area contributed by atoms with E-state index in [2.05, 4.69) is 44.3 Å². The Morgan fingerprint density at radius 3 is 2.82 bits per heavy atom. The maximum Gasteiger partial charge on any atom is 0.119 e. The van der Waals surface area contributed by atoms with E-state index in [1.54, 1.807) is 0 Å². The summed E-state index contributed by atoms with van der Waals surface area (Å²) in [6, 6.07) is 9.12. The zero-order valence-electron chi connectivity index (χ0n) is 11.4. The topological polar surface area (TPSA) is 25.8 Å². The molecule has 0 saturated carbocycles. The van der Waals surface area contributed by atoms with Gasteiger partial charge in [-0.2, -0.15) is 0 Å². The minimum Gasteiger partial charge on any atom is -0.493 e. The number of rotatable bonds is 8. The van der Waals surface area contributed by atoms with Gasteiger partial charge in [0.15, 0.2) is 0 Å². The van der Waals surface area contributed by atoms with Gasteiger partial charge in [0.05, 0.1) is 19.2 Å². The molecule has 1 aromatic rings. The average molecular weight is 236 g/mol. The second kappa shape index (κ2) is 8.13. The van der Waals surface area contributed by atoms with Crippen LogP contribution in [-0.2, 0) is 6.42 Å². The van der Waals surface area contributed by atoms with E-state index in [1.165, 1.54) is 12.0 Å². The molecule has 0 aliphatic heterocycles. The highest BCUT2D eigenvalue weighted by Gasteiger charge is 2.00. The SMILES string of the molecule is CCc1cccc(OCCC[NH2+][C@@H](C)CC)c1. The standard InChI is InChI=1S/C15H25NO/c1-4-13(3)16-10-7-11-17-15-9-6-8-14(5-2)12-15/h6,8-9,12-13,16H,4-5,7,10-11H2,1-3H3/p+1/t13-/m0/s1. The molecule has 17 heavy (non-hydrogen) atoms. The van der Waals surface area contributed by atoms with Crippen molar-refractivity contribution in [1.82, 2.24) is 0 Å². The number of ether oxygens (including phenoxy) is 1. The normalized spacial score (nSPS) is 12.4. The zero-order valence-corrected chi connectivity index (χ0v) is 11.4. The Morgan fingerprint density at radius 2 is 2.12 bits per heavy atom. The maximum absolute atomic E-state index is 5.74. The van der Waals surface area contributed by atoms with Gasteiger partial charge in [0.2, 0.25) is 0 Å². The fourth-order valence-corrected chi connectivity index (χ4v) is 1.70. The molecule has 2 nitrogen and oxygen atoms in total. The van der Waals surface area contributed by atoms with Crippen LogP contribution in [0.25, 0.3) is 0 Å². The van der Waals surface area contributed by atoms with Crippen molar-refractivity contribution in [2.75, 3.05) is 13.2 Å². The second-order valence-electron chi connectivity index (χ2n) is 4.61. The van der Waals surface area contributed by atoms with Crippen LogP contribution in [0.2, 0.25) is 0 Å². The minimum absolute atomic E-state index is 0.735. The molecule has 0 bridgehead atoms. The molecule has 1 atom stereocenters. The van der Waals surface area contributed by atoms with E-state index in [9.17, 15) is 0 Å². The van der Waals surface area contributed by atoms with Gasteiger partial charge in [-0.05, 0) is 37.5 Å². The van der Waals surface area contributed by atoms with Gasteiger partial charge in [-0.25, -0.2) is 0 Å². The maximum atomic E-state index is 5.74. The first kappa shape index (κ1) is 14.0. The molecular formula is C15H26NO+. The van der Waals surface area contributed by atoms with Crippen molar-refractivity contribution in [3.05, 3.63) is 29.8 Å². The smallest absolute Gasteiger partial charge is 0.119 e. The lowest BCUT2D eigenvalue weighted by Gasteiger charge is -2.09. The van der Waals surface area contributed by atoms with E-state index in [0.717, 1.165) is 37.8 Å². The summed E-state index contributed by atoms with van der Waals surface area (Å²) in [5.41, 5.74) is 1.34. The third-order valence-electron chi connectivity index (χ3n) is 3.14. The van der Waals surface area contributed by atoms with Crippen LogP contribution in [0.5, 0.6) is 5.75 Å². The number of quaternary nitrogens is 1. The molecule has 0 radical (unpaired) electrons. The summed E-state index contributed by atoms with van der Waals surface area (Å²) in [7, 11) is 0. The van der Waals surface area contributed by atoms with Crippen LogP contribution in [0, 0.1) is 0 Å². The number of hydrogen-bond donors (Lipinski definition) is 1. The highest BCUT2D eigenvalue weighted by atomic mass is 16.5. The Balaban J connectivity index is 2.17. The van der Waals surface area contributed by atoms with Crippen LogP contribution in [0.3, 0.4) is 0 Å². The van der Waals surface area contributed by atoms with Crippen molar-refractivity contribution >= 4 is 0 Å². The molecule has 0 amide bonds. The molecule has 1 rings (SSSR count). The number of hydrogen-bond acceptors (Lipinski definition) is 1. The Morgan fingerprint density at radius 1 is 1.29 bits per heavy atom. The monoisotopic (exact) mass is 236 g/mol. The first-order valence-electron chi connectivity index (χ1n) is 6.81. The lowest BCUT2D eigenvalue weighted by atomic mass is 10.2. The summed E-state index contributed by atoms with van der Waals surface area (Å²) in [5.74, 6) is 1.01. The lowest BCUT2D eigenvalue weighted by Crippen LogP contribution is -2.89. The Bertz CT molecular complexity index is 312. The van der Waals surface area contributed by atoms with Crippen LogP contribution in [0.15, 0.2) is 24.3 Å². The van der Waals surface area contributed by atoms with Gasteiger partial charge < -0.3 is 10.1 Å². The van der Waals surface area contributed by atoms with E-state index in [4.69, 9.17) is 4.74 Å². The average Bonchev–Trinajstić information content (AvgIpc) is 2.38. The van der Waals surface area contributed by atoms with Crippen molar-refractivity contribution in [3.8, 4) is 5.75 Å². The predicted octanol–water partition coefficient (Wildman–Crippen LogP) is 2.38. The quantitative estimate of drug-likeness (QED) is 0.689. The molecule has 0 aliphatic rings. The molecule has 0 unspecified atom stereocenters. The summed E-state index contributed by atoms with van der Waals surface area (Å²) in [5, 5.41) is 2.39. The third-order valence-corrected chi connectivity index (χ3v) is 3.14. The van der Waals surface area contributed by atoms with Crippen molar-refractivity contribution in [2.45, 2.75) is 46.1 Å².